The molecule has 2 aromatic rings. The number of aromatic nitrogens is 2. The third-order valence-electron chi connectivity index (χ3n) is 1.42. The van der Waals surface area contributed by atoms with Gasteiger partial charge in [0.15, 0.2) is 0 Å². The van der Waals surface area contributed by atoms with E-state index in [9.17, 15) is 4.39 Å². The van der Waals surface area contributed by atoms with Crippen LogP contribution in [0.2, 0.25) is 0 Å². The number of hydrogen-bond acceptors (Lipinski definition) is 2. The molecular weight excluding hydrogens is 268 g/mol. The van der Waals surface area contributed by atoms with Crippen molar-refractivity contribution in [2.75, 3.05) is 0 Å². The third-order valence-corrected chi connectivity index (χ3v) is 1.42. The molecule has 0 atom stereocenters. The van der Waals surface area contributed by atoms with Gasteiger partial charge in [-0.25, -0.2) is 4.39 Å². The molecule has 2 nitrogen and oxygen atoms in total. The first-order valence-electron chi connectivity index (χ1n) is 4.30. The normalized spacial score (nSPS) is 8.73. The Balaban J connectivity index is 0.000000443. The van der Waals surface area contributed by atoms with Crippen molar-refractivity contribution in [2.24, 2.45) is 0 Å². The first-order chi connectivity index (χ1) is 6.77. The molecule has 1 aromatic carbocycles. The largest absolute Gasteiger partial charge is 0.374 e. The molecule has 0 spiro atoms. The van der Waals surface area contributed by atoms with Gasteiger partial charge in [-0.1, -0.05) is 23.7 Å². The first kappa shape index (κ1) is 14.6. The zero-order valence-electron chi connectivity index (χ0n) is 8.74. The molecule has 77 valence electrons. The van der Waals surface area contributed by atoms with Gasteiger partial charge in [-0.05, 0) is 11.6 Å². The maximum absolute atomic E-state index is 12.6. The standard InChI is InChI=1S/C8H4FN2.C3H7.Y/c9-7-2-1-6-4-10-5-11-8(6)3-7;1-3-2;/h1-4H;3H,1-2H3;/q2*-1;. The minimum Gasteiger partial charge on any atom is -0.374 e. The number of fused-ring (bicyclic) bond motifs is 1. The van der Waals surface area contributed by atoms with E-state index in [1.165, 1.54) is 12.1 Å². The summed E-state index contributed by atoms with van der Waals surface area (Å²) in [5, 5.41) is 0.824. The minimum absolute atomic E-state index is 0. The third kappa shape index (κ3) is 4.76. The van der Waals surface area contributed by atoms with Gasteiger partial charge in [-0.15, -0.1) is 0 Å². The van der Waals surface area contributed by atoms with Crippen molar-refractivity contribution in [1.82, 2.24) is 9.97 Å². The Hall–Kier alpha value is -0.406. The van der Waals surface area contributed by atoms with Crippen molar-refractivity contribution in [1.29, 1.82) is 0 Å². The average Bonchev–Trinajstić information content (AvgIpc) is 2.19. The van der Waals surface area contributed by atoms with Crippen LogP contribution < -0.4 is 0 Å². The minimum atomic E-state index is -0.287. The molecule has 0 N–H and O–H groups in total. The number of hydrogen-bond donors (Lipinski definition) is 0. The van der Waals surface area contributed by atoms with Crippen molar-refractivity contribution in [3.05, 3.63) is 43.0 Å². The van der Waals surface area contributed by atoms with Gasteiger partial charge in [0.25, 0.3) is 0 Å². The molecule has 1 aromatic heterocycles. The van der Waals surface area contributed by atoms with E-state index in [1.54, 1.807) is 12.3 Å². The van der Waals surface area contributed by atoms with Crippen molar-refractivity contribution >= 4 is 10.9 Å². The van der Waals surface area contributed by atoms with Crippen LogP contribution in [-0.4, -0.2) is 9.97 Å². The molecule has 0 saturated carbocycles. The van der Waals surface area contributed by atoms with E-state index in [0.29, 0.717) is 5.52 Å². The summed E-state index contributed by atoms with van der Waals surface area (Å²) in [5.41, 5.74) is 0.583. The van der Waals surface area contributed by atoms with Gasteiger partial charge >= 0.3 is 0 Å². The zero-order chi connectivity index (χ0) is 10.4. The second-order valence-corrected chi connectivity index (χ2v) is 2.75. The fourth-order valence-electron chi connectivity index (χ4n) is 0.904. The molecule has 0 unspecified atom stereocenters. The van der Waals surface area contributed by atoms with Crippen LogP contribution in [0.15, 0.2) is 24.4 Å². The Kier molecular flexibility index (Phi) is 7.62. The summed E-state index contributed by atoms with van der Waals surface area (Å²) in [6.45, 7) is 4.00. The second kappa shape index (κ2) is 7.83. The van der Waals surface area contributed by atoms with Crippen LogP contribution in [0.25, 0.3) is 10.9 Å². The Morgan fingerprint density at radius 2 is 2.00 bits per heavy atom. The van der Waals surface area contributed by atoms with E-state index < -0.39 is 0 Å². The quantitative estimate of drug-likeness (QED) is 0.693. The van der Waals surface area contributed by atoms with E-state index in [0.717, 1.165) is 5.39 Å². The number of halogens is 1. The maximum Gasteiger partial charge on any atom is 0.113 e. The molecule has 0 fully saturated rings. The number of nitrogens with zero attached hydrogens (tertiary/aromatic N) is 2. The molecule has 1 heterocycles. The number of rotatable bonds is 0. The van der Waals surface area contributed by atoms with Crippen molar-refractivity contribution in [3.8, 4) is 0 Å². The maximum atomic E-state index is 12.6. The Morgan fingerprint density at radius 1 is 1.33 bits per heavy atom. The fourth-order valence-corrected chi connectivity index (χ4v) is 0.904. The van der Waals surface area contributed by atoms with E-state index in [2.05, 4.69) is 16.3 Å². The van der Waals surface area contributed by atoms with E-state index in [4.69, 9.17) is 0 Å². The monoisotopic (exact) mass is 279 g/mol. The fraction of sp³-hybridized carbons (Fsp3) is 0.182. The predicted molar refractivity (Wildman–Crippen MR) is 54.0 cm³/mol. The van der Waals surface area contributed by atoms with Crippen LogP contribution in [-0.2, 0) is 32.7 Å². The summed E-state index contributed by atoms with van der Waals surface area (Å²) in [6, 6.07) is 4.37. The van der Waals surface area contributed by atoms with E-state index >= 15 is 0 Å². The van der Waals surface area contributed by atoms with Crippen molar-refractivity contribution in [3.63, 3.8) is 0 Å². The van der Waals surface area contributed by atoms with Crippen LogP contribution in [0, 0.1) is 18.6 Å². The van der Waals surface area contributed by atoms with Gasteiger partial charge < -0.3 is 16.4 Å². The predicted octanol–water partition coefficient (Wildman–Crippen LogP) is 2.80. The van der Waals surface area contributed by atoms with E-state index in [-0.39, 0.29) is 38.5 Å². The van der Waals surface area contributed by atoms with Gasteiger partial charge in [0.2, 0.25) is 0 Å². The molecule has 0 aliphatic rings. The Bertz CT molecular complexity index is 406. The van der Waals surface area contributed by atoms with Gasteiger partial charge in [0.05, 0.1) is 0 Å². The summed E-state index contributed by atoms with van der Waals surface area (Å²) in [5.74, 6) is -0.287. The Labute approximate surface area is 114 Å². The molecule has 2 rings (SSSR count). The summed E-state index contributed by atoms with van der Waals surface area (Å²) < 4.78 is 12.6. The van der Waals surface area contributed by atoms with Crippen LogP contribution in [0.3, 0.4) is 0 Å². The Morgan fingerprint density at radius 3 is 2.67 bits per heavy atom. The van der Waals surface area contributed by atoms with Gasteiger partial charge in [-0.2, -0.15) is 13.8 Å². The molecule has 0 amide bonds. The summed E-state index contributed by atoms with van der Waals surface area (Å²) in [7, 11) is 0. The van der Waals surface area contributed by atoms with Gasteiger partial charge in [-0.3, -0.25) is 0 Å². The topological polar surface area (TPSA) is 25.8 Å². The smallest absolute Gasteiger partial charge is 0.113 e. The van der Waals surface area contributed by atoms with Crippen molar-refractivity contribution in [2.45, 2.75) is 13.8 Å². The SMILES string of the molecule is C[CH-]C.Fc1ccc2cn[c-]nc2c1.[Y]. The van der Waals surface area contributed by atoms with E-state index in [1.807, 2.05) is 20.3 Å². The first-order valence-corrected chi connectivity index (χ1v) is 4.30. The van der Waals surface area contributed by atoms with Crippen molar-refractivity contribution < 1.29 is 37.1 Å². The van der Waals surface area contributed by atoms with Gasteiger partial charge in [0, 0.05) is 39.0 Å². The van der Waals surface area contributed by atoms with Crippen LogP contribution in [0.1, 0.15) is 13.8 Å². The van der Waals surface area contributed by atoms with Crippen LogP contribution >= 0.6 is 0 Å². The second-order valence-electron chi connectivity index (χ2n) is 2.75. The molecule has 15 heavy (non-hydrogen) atoms. The van der Waals surface area contributed by atoms with Gasteiger partial charge in [0.1, 0.15) is 5.82 Å². The summed E-state index contributed by atoms with van der Waals surface area (Å²) >= 11 is 0. The molecule has 0 aliphatic carbocycles. The van der Waals surface area contributed by atoms with Crippen LogP contribution in [0.4, 0.5) is 4.39 Å². The molecule has 0 aliphatic heterocycles. The zero-order valence-corrected chi connectivity index (χ0v) is 11.6. The molecular formula is C11H11FN2Y-2. The molecule has 0 saturated heterocycles. The molecule has 0 bridgehead atoms. The van der Waals surface area contributed by atoms with Crippen LogP contribution in [0.5, 0.6) is 0 Å². The molecule has 1 radical (unpaired) electrons. The number of benzene rings is 1. The molecule has 4 heteroatoms. The summed E-state index contributed by atoms with van der Waals surface area (Å²) in [4.78, 5) is 7.45. The summed E-state index contributed by atoms with van der Waals surface area (Å²) in [6.07, 6.45) is 5.99. The average molecular weight is 279 g/mol.